The molecule has 0 aromatic heterocycles. The van der Waals surface area contributed by atoms with E-state index in [1.165, 1.54) is 13.8 Å². The molecule has 0 radical (unpaired) electrons. The Bertz CT molecular complexity index is 804. The van der Waals surface area contributed by atoms with Crippen molar-refractivity contribution in [1.82, 2.24) is 0 Å². The SMILES string of the molecule is CC1(C)[C@H](/C=C(\Br)C(F)(F)F)[C@@H]1C(=O)OCc1c(F)c(F)c(CO)c(F)c1F. The average molecular weight is 479 g/mol. The highest BCUT2D eigenvalue weighted by Gasteiger charge is 2.62. The van der Waals surface area contributed by atoms with Crippen molar-refractivity contribution in [3.05, 3.63) is 45.0 Å². The molecule has 2 atom stereocenters. The maximum absolute atomic E-state index is 13.9. The molecule has 0 bridgehead atoms. The molecule has 1 fully saturated rings. The number of alkyl halides is 3. The summed E-state index contributed by atoms with van der Waals surface area (Å²) in [5.74, 6) is -10.3. The summed E-state index contributed by atoms with van der Waals surface area (Å²) in [4.78, 5) is 12.1. The van der Waals surface area contributed by atoms with Crippen LogP contribution in [0.4, 0.5) is 30.7 Å². The summed E-state index contributed by atoms with van der Waals surface area (Å²) in [6.07, 6.45) is -3.86. The van der Waals surface area contributed by atoms with Gasteiger partial charge in [0.25, 0.3) is 0 Å². The first-order valence-corrected chi connectivity index (χ1v) is 8.60. The minimum atomic E-state index is -4.65. The van der Waals surface area contributed by atoms with Gasteiger partial charge in [-0.25, -0.2) is 17.6 Å². The Morgan fingerprint density at radius 2 is 1.57 bits per heavy atom. The minimum absolute atomic E-state index is 0.794. The number of aliphatic hydroxyl groups excluding tert-OH is 1. The predicted molar refractivity (Wildman–Crippen MR) is 85.8 cm³/mol. The van der Waals surface area contributed by atoms with E-state index < -0.39 is 81.5 Å². The van der Waals surface area contributed by atoms with E-state index in [4.69, 9.17) is 5.11 Å². The standard InChI is InChI=1S/C17H14BrF7O3/c1-16(2)8(3-9(18)17(23,24)25)10(16)15(27)28-5-7-13(21)11(19)6(4-26)12(20)14(7)22/h3,8,10,26H,4-5H2,1-2H3/b9-3-/t8-,10-/m1/s1. The summed E-state index contributed by atoms with van der Waals surface area (Å²) in [5.41, 5.74) is -3.34. The quantitative estimate of drug-likeness (QED) is 0.372. The van der Waals surface area contributed by atoms with E-state index in [0.29, 0.717) is 0 Å². The smallest absolute Gasteiger partial charge is 0.422 e. The first-order chi connectivity index (χ1) is 12.7. The second-order valence-electron chi connectivity index (χ2n) is 6.82. The zero-order valence-electron chi connectivity index (χ0n) is 14.4. The Morgan fingerprint density at radius 3 is 2.00 bits per heavy atom. The number of carbonyl (C=O) groups is 1. The van der Waals surface area contributed by atoms with Gasteiger partial charge in [-0.15, -0.1) is 0 Å². The van der Waals surface area contributed by atoms with Crippen LogP contribution in [0.1, 0.15) is 25.0 Å². The minimum Gasteiger partial charge on any atom is -0.460 e. The lowest BCUT2D eigenvalue weighted by atomic mass is 10.1. The van der Waals surface area contributed by atoms with Crippen LogP contribution in [0.5, 0.6) is 0 Å². The maximum Gasteiger partial charge on any atom is 0.422 e. The zero-order chi connectivity index (χ0) is 21.6. The van der Waals surface area contributed by atoms with Crippen LogP contribution in [0.2, 0.25) is 0 Å². The molecule has 1 aromatic carbocycles. The van der Waals surface area contributed by atoms with Crippen LogP contribution in [0.15, 0.2) is 10.6 Å². The van der Waals surface area contributed by atoms with Gasteiger partial charge in [0, 0.05) is 0 Å². The van der Waals surface area contributed by atoms with E-state index in [2.05, 4.69) is 20.7 Å². The summed E-state index contributed by atoms with van der Waals surface area (Å²) in [6, 6.07) is 0. The van der Waals surface area contributed by atoms with Crippen molar-refractivity contribution in [2.75, 3.05) is 0 Å². The van der Waals surface area contributed by atoms with E-state index in [1.807, 2.05) is 0 Å². The highest BCUT2D eigenvalue weighted by Crippen LogP contribution is 2.60. The molecule has 0 spiro atoms. The van der Waals surface area contributed by atoms with E-state index in [9.17, 15) is 35.5 Å². The molecule has 1 aliphatic carbocycles. The number of aliphatic hydroxyl groups is 1. The Morgan fingerprint density at radius 1 is 1.11 bits per heavy atom. The van der Waals surface area contributed by atoms with Gasteiger partial charge in [0.2, 0.25) is 0 Å². The summed E-state index contributed by atoms with van der Waals surface area (Å²) in [6.45, 7) is 0.532. The van der Waals surface area contributed by atoms with Gasteiger partial charge >= 0.3 is 12.1 Å². The largest absolute Gasteiger partial charge is 0.460 e. The summed E-state index contributed by atoms with van der Waals surface area (Å²) < 4.78 is 96.4. The molecular weight excluding hydrogens is 465 g/mol. The van der Waals surface area contributed by atoms with E-state index >= 15 is 0 Å². The molecule has 0 aliphatic heterocycles. The summed E-state index contributed by atoms with van der Waals surface area (Å²) in [7, 11) is 0. The third-order valence-electron chi connectivity index (χ3n) is 4.72. The lowest BCUT2D eigenvalue weighted by Gasteiger charge is -2.11. The number of rotatable bonds is 5. The molecule has 11 heteroatoms. The van der Waals surface area contributed by atoms with Gasteiger partial charge in [-0.1, -0.05) is 19.9 Å². The first kappa shape index (κ1) is 22.7. The Balaban J connectivity index is 2.18. The van der Waals surface area contributed by atoms with Crippen molar-refractivity contribution in [1.29, 1.82) is 0 Å². The van der Waals surface area contributed by atoms with Crippen molar-refractivity contribution in [2.45, 2.75) is 33.2 Å². The lowest BCUT2D eigenvalue weighted by molar-refractivity contribution is -0.147. The van der Waals surface area contributed by atoms with Crippen molar-refractivity contribution < 1.29 is 45.4 Å². The fourth-order valence-electron chi connectivity index (χ4n) is 2.91. The van der Waals surface area contributed by atoms with Gasteiger partial charge in [0.15, 0.2) is 23.3 Å². The van der Waals surface area contributed by atoms with E-state index in [-0.39, 0.29) is 0 Å². The van der Waals surface area contributed by atoms with Gasteiger partial charge < -0.3 is 9.84 Å². The molecule has 1 aromatic rings. The van der Waals surface area contributed by atoms with Crippen LogP contribution in [-0.4, -0.2) is 17.3 Å². The highest BCUT2D eigenvalue weighted by atomic mass is 79.9. The van der Waals surface area contributed by atoms with Crippen molar-refractivity contribution >= 4 is 21.9 Å². The number of benzene rings is 1. The Kier molecular flexibility index (Phi) is 6.20. The number of hydrogen-bond acceptors (Lipinski definition) is 3. The second kappa shape index (κ2) is 7.66. The molecular formula is C17H14BrF7O3. The van der Waals surface area contributed by atoms with Crippen molar-refractivity contribution in [3.63, 3.8) is 0 Å². The monoisotopic (exact) mass is 478 g/mol. The molecule has 2 rings (SSSR count). The van der Waals surface area contributed by atoms with Crippen LogP contribution in [0.3, 0.4) is 0 Å². The summed E-state index contributed by atoms with van der Waals surface area (Å²) in [5, 5.41) is 8.77. The first-order valence-electron chi connectivity index (χ1n) is 7.80. The number of esters is 1. The van der Waals surface area contributed by atoms with Gasteiger partial charge in [-0.3, -0.25) is 4.79 Å². The fraction of sp³-hybridized carbons (Fsp3) is 0.471. The second-order valence-corrected chi connectivity index (χ2v) is 7.67. The third kappa shape index (κ3) is 4.05. The zero-order valence-corrected chi connectivity index (χ0v) is 16.0. The van der Waals surface area contributed by atoms with E-state index in [1.54, 1.807) is 0 Å². The third-order valence-corrected chi connectivity index (χ3v) is 5.44. The molecule has 0 unspecified atom stereocenters. The molecule has 1 N–H and O–H groups in total. The number of hydrogen-bond donors (Lipinski definition) is 1. The average Bonchev–Trinajstić information content (AvgIpc) is 3.13. The number of halogens is 8. The van der Waals surface area contributed by atoms with Gasteiger partial charge in [0.1, 0.15) is 6.61 Å². The Hall–Kier alpha value is -1.62. The molecule has 156 valence electrons. The Labute approximate surface area is 163 Å². The number of allylic oxidation sites excluding steroid dienone is 2. The van der Waals surface area contributed by atoms with Gasteiger partial charge in [-0.2, -0.15) is 13.2 Å². The number of ether oxygens (including phenoxy) is 1. The molecule has 28 heavy (non-hydrogen) atoms. The maximum atomic E-state index is 13.9. The van der Waals surface area contributed by atoms with Crippen LogP contribution in [0.25, 0.3) is 0 Å². The highest BCUT2D eigenvalue weighted by molar-refractivity contribution is 9.11. The molecule has 0 heterocycles. The molecule has 1 saturated carbocycles. The molecule has 0 amide bonds. The summed E-state index contributed by atoms with van der Waals surface area (Å²) >= 11 is 2.37. The van der Waals surface area contributed by atoms with Gasteiger partial charge in [0.05, 0.1) is 28.1 Å². The fourth-order valence-corrected chi connectivity index (χ4v) is 3.20. The molecule has 0 saturated heterocycles. The number of carbonyl (C=O) groups excluding carboxylic acids is 1. The molecule has 1 aliphatic rings. The van der Waals surface area contributed by atoms with E-state index in [0.717, 1.165) is 6.08 Å². The van der Waals surface area contributed by atoms with Crippen LogP contribution >= 0.6 is 15.9 Å². The normalized spacial score (nSPS) is 21.6. The van der Waals surface area contributed by atoms with Crippen molar-refractivity contribution in [3.8, 4) is 0 Å². The predicted octanol–water partition coefficient (Wildman–Crippen LogP) is 4.89. The molecule has 3 nitrogen and oxygen atoms in total. The van der Waals surface area contributed by atoms with Gasteiger partial charge in [-0.05, 0) is 27.3 Å². The van der Waals surface area contributed by atoms with Crippen molar-refractivity contribution in [2.24, 2.45) is 17.3 Å². The van der Waals surface area contributed by atoms with Crippen LogP contribution in [0, 0.1) is 40.5 Å². The topological polar surface area (TPSA) is 46.5 Å². The van der Waals surface area contributed by atoms with Crippen LogP contribution in [-0.2, 0) is 22.7 Å². The lowest BCUT2D eigenvalue weighted by Crippen LogP contribution is -2.15. The van der Waals surface area contributed by atoms with Crippen LogP contribution < -0.4 is 0 Å².